The smallest absolute Gasteiger partial charge is 0.0896 e. The van der Waals surface area contributed by atoms with Crippen molar-refractivity contribution < 1.29 is 5.11 Å². The van der Waals surface area contributed by atoms with Crippen LogP contribution in [-0.2, 0) is 5.60 Å². The van der Waals surface area contributed by atoms with Gasteiger partial charge in [0.25, 0.3) is 0 Å². The first kappa shape index (κ1) is 12.6. The molecule has 1 N–H and O–H groups in total. The zero-order valence-corrected chi connectivity index (χ0v) is 11.1. The van der Waals surface area contributed by atoms with Crippen molar-refractivity contribution in [3.63, 3.8) is 0 Å². The quantitative estimate of drug-likeness (QED) is 0.759. The minimum absolute atomic E-state index is 0.423. The van der Waals surface area contributed by atoms with E-state index in [0.29, 0.717) is 5.92 Å². The Morgan fingerprint density at radius 3 is 2.35 bits per heavy atom. The lowest BCUT2D eigenvalue weighted by molar-refractivity contribution is -0.0126. The molecule has 17 heavy (non-hydrogen) atoms. The summed E-state index contributed by atoms with van der Waals surface area (Å²) < 4.78 is 0. The number of hydrogen-bond acceptors (Lipinski definition) is 1. The maximum absolute atomic E-state index is 10.9. The fraction of sp³-hybridized carbons (Fsp3) is 0.625. The van der Waals surface area contributed by atoms with E-state index in [0.717, 1.165) is 5.56 Å². The first-order valence-corrected chi connectivity index (χ1v) is 6.90. The van der Waals surface area contributed by atoms with Crippen LogP contribution in [0.5, 0.6) is 0 Å². The van der Waals surface area contributed by atoms with E-state index in [1.54, 1.807) is 0 Å². The van der Waals surface area contributed by atoms with Gasteiger partial charge in [-0.05, 0) is 38.2 Å². The lowest BCUT2D eigenvalue weighted by atomic mass is 9.78. The average molecular weight is 232 g/mol. The van der Waals surface area contributed by atoms with Gasteiger partial charge < -0.3 is 5.11 Å². The molecule has 0 spiro atoms. The summed E-state index contributed by atoms with van der Waals surface area (Å²) in [6.07, 6.45) is 7.54. The van der Waals surface area contributed by atoms with E-state index in [9.17, 15) is 5.11 Å². The Labute approximate surface area is 105 Å². The van der Waals surface area contributed by atoms with Gasteiger partial charge >= 0.3 is 0 Å². The third-order valence-electron chi connectivity index (χ3n) is 4.25. The molecule has 1 aromatic rings. The van der Waals surface area contributed by atoms with Crippen LogP contribution in [0.1, 0.15) is 56.6 Å². The third-order valence-corrected chi connectivity index (χ3v) is 4.25. The zero-order valence-electron chi connectivity index (χ0n) is 11.1. The summed E-state index contributed by atoms with van der Waals surface area (Å²) in [5.41, 5.74) is 1.66. The standard InChI is InChI=1S/C16H24O/c1-13-8-7-11-15(12-13)16(2,17)14-9-5-3-4-6-10-14/h7-8,11-12,14,17H,3-6,9-10H2,1-2H3. The maximum atomic E-state index is 10.9. The van der Waals surface area contributed by atoms with Gasteiger partial charge in [-0.25, -0.2) is 0 Å². The van der Waals surface area contributed by atoms with E-state index >= 15 is 0 Å². The number of hydrogen-bond donors (Lipinski definition) is 1. The Balaban J connectivity index is 2.21. The summed E-state index contributed by atoms with van der Waals surface area (Å²) in [4.78, 5) is 0. The Bertz CT molecular complexity index is 360. The summed E-state index contributed by atoms with van der Waals surface area (Å²) >= 11 is 0. The van der Waals surface area contributed by atoms with Gasteiger partial charge in [-0.3, -0.25) is 0 Å². The van der Waals surface area contributed by atoms with Crippen LogP contribution in [0.4, 0.5) is 0 Å². The third kappa shape index (κ3) is 2.90. The maximum Gasteiger partial charge on any atom is 0.0896 e. The molecule has 94 valence electrons. The Kier molecular flexibility index (Phi) is 3.88. The van der Waals surface area contributed by atoms with E-state index in [1.807, 2.05) is 6.92 Å². The van der Waals surface area contributed by atoms with Gasteiger partial charge in [-0.2, -0.15) is 0 Å². The zero-order chi connectivity index (χ0) is 12.3. The van der Waals surface area contributed by atoms with Crippen molar-refractivity contribution in [2.45, 2.75) is 58.0 Å². The molecule has 1 saturated carbocycles. The molecule has 0 saturated heterocycles. The van der Waals surface area contributed by atoms with Crippen molar-refractivity contribution in [1.82, 2.24) is 0 Å². The summed E-state index contributed by atoms with van der Waals surface area (Å²) in [6.45, 7) is 4.09. The highest BCUT2D eigenvalue weighted by atomic mass is 16.3. The summed E-state index contributed by atoms with van der Waals surface area (Å²) in [5.74, 6) is 0.423. The highest BCUT2D eigenvalue weighted by Gasteiger charge is 2.33. The van der Waals surface area contributed by atoms with E-state index < -0.39 is 5.60 Å². The van der Waals surface area contributed by atoms with Crippen molar-refractivity contribution in [1.29, 1.82) is 0 Å². The molecule has 1 aliphatic rings. The Morgan fingerprint density at radius 2 is 1.76 bits per heavy atom. The molecule has 2 rings (SSSR count). The van der Waals surface area contributed by atoms with Crippen molar-refractivity contribution in [3.05, 3.63) is 35.4 Å². The predicted molar refractivity (Wildman–Crippen MR) is 71.9 cm³/mol. The van der Waals surface area contributed by atoms with Gasteiger partial charge in [0.15, 0.2) is 0 Å². The molecule has 0 amide bonds. The lowest BCUT2D eigenvalue weighted by Crippen LogP contribution is -2.31. The minimum Gasteiger partial charge on any atom is -0.385 e. The number of benzene rings is 1. The summed E-state index contributed by atoms with van der Waals surface area (Å²) in [6, 6.07) is 8.34. The van der Waals surface area contributed by atoms with Crippen LogP contribution in [0.3, 0.4) is 0 Å². The molecule has 0 bridgehead atoms. The molecule has 1 atom stereocenters. The van der Waals surface area contributed by atoms with Crippen molar-refractivity contribution in [2.24, 2.45) is 5.92 Å². The normalized spacial score (nSPS) is 21.8. The largest absolute Gasteiger partial charge is 0.385 e. The molecule has 1 aliphatic carbocycles. The molecule has 0 radical (unpaired) electrons. The molecule has 0 heterocycles. The van der Waals surface area contributed by atoms with Gasteiger partial charge in [0.05, 0.1) is 5.60 Å². The number of aliphatic hydroxyl groups is 1. The molecule has 0 aromatic heterocycles. The second-order valence-electron chi connectivity index (χ2n) is 5.71. The van der Waals surface area contributed by atoms with Crippen LogP contribution < -0.4 is 0 Å². The van der Waals surface area contributed by atoms with Crippen LogP contribution >= 0.6 is 0 Å². The van der Waals surface area contributed by atoms with Crippen LogP contribution in [0.25, 0.3) is 0 Å². The lowest BCUT2D eigenvalue weighted by Gasteiger charge is -2.33. The first-order valence-electron chi connectivity index (χ1n) is 6.90. The first-order chi connectivity index (χ1) is 8.10. The van der Waals surface area contributed by atoms with Crippen molar-refractivity contribution in [3.8, 4) is 0 Å². The Hall–Kier alpha value is -0.820. The van der Waals surface area contributed by atoms with E-state index in [4.69, 9.17) is 0 Å². The van der Waals surface area contributed by atoms with Crippen LogP contribution in [0, 0.1) is 12.8 Å². The number of aryl methyl sites for hydroxylation is 1. The molecule has 1 unspecified atom stereocenters. The van der Waals surface area contributed by atoms with E-state index in [1.165, 1.54) is 44.1 Å². The Morgan fingerprint density at radius 1 is 1.12 bits per heavy atom. The fourth-order valence-corrected chi connectivity index (χ4v) is 3.04. The summed E-state index contributed by atoms with van der Waals surface area (Å²) in [7, 11) is 0. The predicted octanol–water partition coefficient (Wildman–Crippen LogP) is 4.17. The molecule has 1 fully saturated rings. The highest BCUT2D eigenvalue weighted by Crippen LogP contribution is 2.38. The monoisotopic (exact) mass is 232 g/mol. The van der Waals surface area contributed by atoms with Gasteiger partial charge in [-0.15, -0.1) is 0 Å². The van der Waals surface area contributed by atoms with Gasteiger partial charge in [0.1, 0.15) is 0 Å². The van der Waals surface area contributed by atoms with E-state index in [2.05, 4.69) is 31.2 Å². The van der Waals surface area contributed by atoms with Crippen LogP contribution in [0.2, 0.25) is 0 Å². The molecule has 1 heteroatoms. The summed E-state index contributed by atoms with van der Waals surface area (Å²) in [5, 5.41) is 10.9. The van der Waals surface area contributed by atoms with E-state index in [-0.39, 0.29) is 0 Å². The fourth-order valence-electron chi connectivity index (χ4n) is 3.04. The second-order valence-corrected chi connectivity index (χ2v) is 5.71. The number of rotatable bonds is 2. The molecule has 1 aromatic carbocycles. The van der Waals surface area contributed by atoms with Crippen molar-refractivity contribution in [2.75, 3.05) is 0 Å². The minimum atomic E-state index is -0.656. The average Bonchev–Trinajstić information content (AvgIpc) is 2.58. The molecule has 0 aliphatic heterocycles. The van der Waals surface area contributed by atoms with Gasteiger partial charge in [0, 0.05) is 0 Å². The molecular weight excluding hydrogens is 208 g/mol. The topological polar surface area (TPSA) is 20.2 Å². The van der Waals surface area contributed by atoms with Crippen LogP contribution in [0.15, 0.2) is 24.3 Å². The van der Waals surface area contributed by atoms with Crippen molar-refractivity contribution >= 4 is 0 Å². The second kappa shape index (κ2) is 5.22. The SMILES string of the molecule is Cc1cccc(C(C)(O)C2CCCCCC2)c1. The highest BCUT2D eigenvalue weighted by molar-refractivity contribution is 5.27. The van der Waals surface area contributed by atoms with Gasteiger partial charge in [0.2, 0.25) is 0 Å². The van der Waals surface area contributed by atoms with Crippen LogP contribution in [-0.4, -0.2) is 5.11 Å². The van der Waals surface area contributed by atoms with Gasteiger partial charge in [-0.1, -0.05) is 55.5 Å². The molecular formula is C16H24O. The molecule has 1 nitrogen and oxygen atoms in total.